The van der Waals surface area contributed by atoms with Crippen LogP contribution in [0, 0.1) is 0 Å². The van der Waals surface area contributed by atoms with Crippen molar-refractivity contribution in [2.75, 3.05) is 18.5 Å². The largest absolute Gasteiger partial charge is 0.444 e. The zero-order valence-corrected chi connectivity index (χ0v) is 13.1. The van der Waals surface area contributed by atoms with Crippen LogP contribution in [0.3, 0.4) is 0 Å². The van der Waals surface area contributed by atoms with Crippen molar-refractivity contribution in [3.05, 3.63) is 11.3 Å². The summed E-state index contributed by atoms with van der Waals surface area (Å²) in [5, 5.41) is 0.899. The molecule has 0 fully saturated rings. The number of carbonyl (C=O) groups excluding carboxylic acids is 1. The highest BCUT2D eigenvalue weighted by Gasteiger charge is 2.28. The molecule has 2 rings (SSSR count). The first-order valence-electron chi connectivity index (χ1n) is 6.47. The van der Waals surface area contributed by atoms with E-state index in [4.69, 9.17) is 10.5 Å². The molecule has 2 heterocycles. The summed E-state index contributed by atoms with van der Waals surface area (Å²) in [5.41, 5.74) is 7.13. The number of carbonyl (C=O) groups is 1. The van der Waals surface area contributed by atoms with Crippen LogP contribution in [0.25, 0.3) is 0 Å². The van der Waals surface area contributed by atoms with E-state index in [9.17, 15) is 4.79 Å². The molecule has 1 amide bonds. The molecular formula is C13H20N4O2S. The molecule has 2 N–H and O–H groups in total. The van der Waals surface area contributed by atoms with Crippen LogP contribution in [-0.4, -0.2) is 39.4 Å². The third-order valence-electron chi connectivity index (χ3n) is 2.89. The fourth-order valence-electron chi connectivity index (χ4n) is 2.07. The summed E-state index contributed by atoms with van der Waals surface area (Å²) >= 11 is 1.55. The van der Waals surface area contributed by atoms with Gasteiger partial charge >= 0.3 is 6.09 Å². The van der Waals surface area contributed by atoms with Gasteiger partial charge in [0.1, 0.15) is 10.6 Å². The molecule has 0 aliphatic carbocycles. The molecule has 0 radical (unpaired) electrons. The molecule has 110 valence electrons. The van der Waals surface area contributed by atoms with Gasteiger partial charge in [0.25, 0.3) is 0 Å². The minimum atomic E-state index is -0.494. The van der Waals surface area contributed by atoms with Gasteiger partial charge in [-0.15, -0.1) is 11.8 Å². The Morgan fingerprint density at radius 3 is 2.70 bits per heavy atom. The summed E-state index contributed by atoms with van der Waals surface area (Å²) in [5.74, 6) is 0.249. The maximum atomic E-state index is 12.1. The minimum Gasteiger partial charge on any atom is -0.444 e. The maximum absolute atomic E-state index is 12.1. The van der Waals surface area contributed by atoms with E-state index < -0.39 is 5.60 Å². The Kier molecular flexibility index (Phi) is 4.08. The Morgan fingerprint density at radius 1 is 1.40 bits per heavy atom. The summed E-state index contributed by atoms with van der Waals surface area (Å²) in [6.45, 7) is 6.60. The molecule has 6 nitrogen and oxygen atoms in total. The van der Waals surface area contributed by atoms with Crippen molar-refractivity contribution >= 4 is 23.8 Å². The SMILES string of the molecule is CSc1nc(N)nc2c1CCN(C(=O)OC(C)(C)C)C2. The molecule has 0 bridgehead atoms. The number of nitrogens with two attached hydrogens (primary N) is 1. The summed E-state index contributed by atoms with van der Waals surface area (Å²) in [6.07, 6.45) is 2.37. The monoisotopic (exact) mass is 296 g/mol. The zero-order chi connectivity index (χ0) is 14.9. The molecule has 1 aliphatic heterocycles. The van der Waals surface area contributed by atoms with Crippen molar-refractivity contribution in [2.45, 2.75) is 44.4 Å². The lowest BCUT2D eigenvalue weighted by molar-refractivity contribution is 0.0220. The molecule has 7 heteroatoms. The number of nitrogen functional groups attached to an aromatic ring is 1. The van der Waals surface area contributed by atoms with Crippen LogP contribution >= 0.6 is 11.8 Å². The second-order valence-corrected chi connectivity index (χ2v) is 6.46. The smallest absolute Gasteiger partial charge is 0.410 e. The van der Waals surface area contributed by atoms with E-state index in [1.54, 1.807) is 16.7 Å². The Balaban J connectivity index is 2.19. The topological polar surface area (TPSA) is 81.3 Å². The van der Waals surface area contributed by atoms with Crippen molar-refractivity contribution in [3.63, 3.8) is 0 Å². The first-order valence-corrected chi connectivity index (χ1v) is 7.70. The van der Waals surface area contributed by atoms with Crippen molar-refractivity contribution in [1.29, 1.82) is 0 Å². The number of amides is 1. The second-order valence-electron chi connectivity index (χ2n) is 5.67. The van der Waals surface area contributed by atoms with Crippen molar-refractivity contribution in [2.24, 2.45) is 0 Å². The average Bonchev–Trinajstić information content (AvgIpc) is 2.34. The summed E-state index contributed by atoms with van der Waals surface area (Å²) in [4.78, 5) is 22.2. The quantitative estimate of drug-likeness (QED) is 0.631. The van der Waals surface area contributed by atoms with E-state index in [0.29, 0.717) is 13.1 Å². The van der Waals surface area contributed by atoms with Crippen LogP contribution in [0.2, 0.25) is 0 Å². The van der Waals surface area contributed by atoms with Gasteiger partial charge in [-0.1, -0.05) is 0 Å². The van der Waals surface area contributed by atoms with Crippen molar-refractivity contribution in [3.8, 4) is 0 Å². The fraction of sp³-hybridized carbons (Fsp3) is 0.615. The minimum absolute atomic E-state index is 0.249. The number of ether oxygens (including phenoxy) is 1. The summed E-state index contributed by atoms with van der Waals surface area (Å²) in [6, 6.07) is 0. The molecule has 1 aliphatic rings. The normalized spacial score (nSPS) is 14.9. The van der Waals surface area contributed by atoms with Crippen LogP contribution in [0.4, 0.5) is 10.7 Å². The van der Waals surface area contributed by atoms with Gasteiger partial charge in [0.15, 0.2) is 0 Å². The van der Waals surface area contributed by atoms with E-state index in [-0.39, 0.29) is 12.0 Å². The zero-order valence-electron chi connectivity index (χ0n) is 12.3. The highest BCUT2D eigenvalue weighted by molar-refractivity contribution is 7.98. The van der Waals surface area contributed by atoms with Crippen LogP contribution in [0.15, 0.2) is 5.03 Å². The second kappa shape index (κ2) is 5.47. The fourth-order valence-corrected chi connectivity index (χ4v) is 2.72. The lowest BCUT2D eigenvalue weighted by Gasteiger charge is -2.31. The van der Waals surface area contributed by atoms with Crippen LogP contribution in [0.1, 0.15) is 32.0 Å². The first-order chi connectivity index (χ1) is 9.30. The van der Waals surface area contributed by atoms with Gasteiger partial charge in [-0.3, -0.25) is 0 Å². The Labute approximate surface area is 123 Å². The van der Waals surface area contributed by atoms with Gasteiger partial charge in [-0.05, 0) is 33.4 Å². The number of thioether (sulfide) groups is 1. The number of hydrogen-bond acceptors (Lipinski definition) is 6. The van der Waals surface area contributed by atoms with E-state index in [1.165, 1.54) is 0 Å². The molecule has 0 saturated heterocycles. The molecule has 0 atom stereocenters. The Bertz CT molecular complexity index is 528. The van der Waals surface area contributed by atoms with Crippen LogP contribution < -0.4 is 5.73 Å². The molecule has 1 aromatic heterocycles. The number of fused-ring (bicyclic) bond motifs is 1. The predicted molar refractivity (Wildman–Crippen MR) is 78.6 cm³/mol. The number of anilines is 1. The highest BCUT2D eigenvalue weighted by atomic mass is 32.2. The van der Waals surface area contributed by atoms with Gasteiger partial charge in [-0.25, -0.2) is 14.8 Å². The molecule has 0 unspecified atom stereocenters. The molecule has 0 spiro atoms. The van der Waals surface area contributed by atoms with E-state index >= 15 is 0 Å². The lowest BCUT2D eigenvalue weighted by Crippen LogP contribution is -2.40. The number of nitrogens with zero attached hydrogens (tertiary/aromatic N) is 3. The average molecular weight is 296 g/mol. The van der Waals surface area contributed by atoms with Crippen LogP contribution in [-0.2, 0) is 17.7 Å². The summed E-state index contributed by atoms with van der Waals surface area (Å²) < 4.78 is 5.39. The molecule has 1 aromatic rings. The summed E-state index contributed by atoms with van der Waals surface area (Å²) in [7, 11) is 0. The number of rotatable bonds is 1. The molecule has 20 heavy (non-hydrogen) atoms. The van der Waals surface area contributed by atoms with Gasteiger partial charge in [0.2, 0.25) is 5.95 Å². The van der Waals surface area contributed by atoms with Crippen LogP contribution in [0.5, 0.6) is 0 Å². The van der Waals surface area contributed by atoms with Crippen molar-refractivity contribution in [1.82, 2.24) is 14.9 Å². The number of aromatic nitrogens is 2. The highest BCUT2D eigenvalue weighted by Crippen LogP contribution is 2.27. The van der Waals surface area contributed by atoms with Crippen molar-refractivity contribution < 1.29 is 9.53 Å². The number of hydrogen-bond donors (Lipinski definition) is 1. The van der Waals surface area contributed by atoms with E-state index in [1.807, 2.05) is 27.0 Å². The molecule has 0 aromatic carbocycles. The Hall–Kier alpha value is -1.50. The standard InChI is InChI=1S/C13H20N4O2S/c1-13(2,3)19-12(18)17-6-5-8-9(7-17)15-11(14)16-10(8)20-4/h5-7H2,1-4H3,(H2,14,15,16). The molecule has 0 saturated carbocycles. The van der Waals surface area contributed by atoms with Gasteiger partial charge in [-0.2, -0.15) is 0 Å². The molecular weight excluding hydrogens is 276 g/mol. The van der Waals surface area contributed by atoms with E-state index in [2.05, 4.69) is 9.97 Å². The third kappa shape index (κ3) is 3.33. The third-order valence-corrected chi connectivity index (χ3v) is 3.61. The van der Waals surface area contributed by atoms with Gasteiger partial charge < -0.3 is 15.4 Å². The Morgan fingerprint density at radius 2 is 2.10 bits per heavy atom. The van der Waals surface area contributed by atoms with Gasteiger partial charge in [0, 0.05) is 12.1 Å². The maximum Gasteiger partial charge on any atom is 0.410 e. The van der Waals surface area contributed by atoms with Gasteiger partial charge in [0.05, 0.1) is 12.2 Å². The first kappa shape index (κ1) is 14.9. The van der Waals surface area contributed by atoms with E-state index in [0.717, 1.165) is 22.7 Å². The predicted octanol–water partition coefficient (Wildman–Crippen LogP) is 2.07. The lowest BCUT2D eigenvalue weighted by atomic mass is 10.1.